The van der Waals surface area contributed by atoms with Gasteiger partial charge in [-0.1, -0.05) is 0 Å². The fourth-order valence-corrected chi connectivity index (χ4v) is 2.16. The number of carbonyl (C=O) groups excluding carboxylic acids is 1. The lowest BCUT2D eigenvalue weighted by atomic mass is 9.93. The smallest absolute Gasteiger partial charge is 0.269 e. The Hall–Kier alpha value is -1.62. The number of anilines is 1. The lowest BCUT2D eigenvalue weighted by molar-refractivity contribution is 0.0996. The normalized spacial score (nSPS) is 24.3. The van der Waals surface area contributed by atoms with Crippen LogP contribution in [0.1, 0.15) is 36.2 Å². The third-order valence-electron chi connectivity index (χ3n) is 3.10. The van der Waals surface area contributed by atoms with Crippen molar-refractivity contribution in [1.82, 2.24) is 4.98 Å². The first-order valence-electron chi connectivity index (χ1n) is 5.86. The van der Waals surface area contributed by atoms with Gasteiger partial charge in [-0.2, -0.15) is 0 Å². The van der Waals surface area contributed by atoms with Crippen molar-refractivity contribution in [2.24, 2.45) is 5.73 Å². The molecule has 0 unspecified atom stereocenters. The number of hydrogen-bond donors (Lipinski definition) is 3. The number of hydrogen-bond acceptors (Lipinski definition) is 4. The summed E-state index contributed by atoms with van der Waals surface area (Å²) in [6, 6.07) is 3.85. The number of nitrogens with one attached hydrogen (secondary N) is 1. The average Bonchev–Trinajstić information content (AvgIpc) is 2.32. The van der Waals surface area contributed by atoms with Gasteiger partial charge in [0.15, 0.2) is 5.69 Å². The molecule has 92 valence electrons. The first-order chi connectivity index (χ1) is 8.16. The van der Waals surface area contributed by atoms with Gasteiger partial charge in [-0.3, -0.25) is 4.79 Å². The van der Waals surface area contributed by atoms with Crippen molar-refractivity contribution in [3.63, 3.8) is 0 Å². The van der Waals surface area contributed by atoms with E-state index in [1.807, 2.05) is 0 Å². The van der Waals surface area contributed by atoms with Crippen LogP contribution in [0.5, 0.6) is 0 Å². The summed E-state index contributed by atoms with van der Waals surface area (Å²) in [6.45, 7) is 0. The molecule has 1 aliphatic carbocycles. The zero-order valence-corrected chi connectivity index (χ0v) is 9.60. The second-order valence-corrected chi connectivity index (χ2v) is 4.41. The number of amides is 1. The van der Waals surface area contributed by atoms with E-state index in [9.17, 15) is 9.90 Å². The number of carbonyl (C=O) groups is 1. The molecule has 1 aromatic rings. The van der Waals surface area contributed by atoms with Gasteiger partial charge in [0, 0.05) is 12.2 Å². The number of primary amides is 1. The Bertz CT molecular complexity index is 400. The van der Waals surface area contributed by atoms with Gasteiger partial charge in [-0.25, -0.2) is 4.98 Å². The summed E-state index contributed by atoms with van der Waals surface area (Å²) < 4.78 is 0. The summed E-state index contributed by atoms with van der Waals surface area (Å²) in [5, 5.41) is 12.7. The van der Waals surface area contributed by atoms with Crippen molar-refractivity contribution in [3.8, 4) is 0 Å². The standard InChI is InChI=1S/C12H17N3O2/c13-12(17)11-10(2-1-7-14-11)15-8-3-5-9(16)6-4-8/h1-2,7-9,15-16H,3-6H2,(H2,13,17). The highest BCUT2D eigenvalue weighted by Crippen LogP contribution is 2.23. The van der Waals surface area contributed by atoms with E-state index in [0.717, 1.165) is 25.7 Å². The Morgan fingerprint density at radius 1 is 1.41 bits per heavy atom. The molecule has 17 heavy (non-hydrogen) atoms. The highest BCUT2D eigenvalue weighted by atomic mass is 16.3. The first-order valence-corrected chi connectivity index (χ1v) is 5.86. The van der Waals surface area contributed by atoms with E-state index in [0.29, 0.717) is 5.69 Å². The first kappa shape index (κ1) is 11.9. The molecule has 0 aromatic carbocycles. The minimum Gasteiger partial charge on any atom is -0.393 e. The van der Waals surface area contributed by atoms with Crippen LogP contribution in [0.2, 0.25) is 0 Å². The molecule has 1 aliphatic rings. The topological polar surface area (TPSA) is 88.2 Å². The summed E-state index contributed by atoms with van der Waals surface area (Å²) in [5.41, 5.74) is 6.22. The highest BCUT2D eigenvalue weighted by molar-refractivity contribution is 5.96. The van der Waals surface area contributed by atoms with Crippen molar-refractivity contribution in [2.45, 2.75) is 37.8 Å². The van der Waals surface area contributed by atoms with Gasteiger partial charge in [-0.05, 0) is 37.8 Å². The van der Waals surface area contributed by atoms with Gasteiger partial charge in [0.1, 0.15) is 0 Å². The van der Waals surface area contributed by atoms with Crippen LogP contribution < -0.4 is 11.1 Å². The van der Waals surface area contributed by atoms with E-state index in [4.69, 9.17) is 5.73 Å². The number of nitrogens with two attached hydrogens (primary N) is 1. The minimum absolute atomic E-state index is 0.183. The molecular weight excluding hydrogens is 218 g/mol. The van der Waals surface area contributed by atoms with Crippen molar-refractivity contribution in [2.75, 3.05) is 5.32 Å². The molecule has 1 heterocycles. The number of aromatic nitrogens is 1. The second-order valence-electron chi connectivity index (χ2n) is 4.41. The largest absolute Gasteiger partial charge is 0.393 e. The summed E-state index contributed by atoms with van der Waals surface area (Å²) >= 11 is 0. The van der Waals surface area contributed by atoms with E-state index in [1.54, 1.807) is 18.3 Å². The van der Waals surface area contributed by atoms with Gasteiger partial charge in [-0.15, -0.1) is 0 Å². The zero-order valence-electron chi connectivity index (χ0n) is 9.60. The molecule has 2 rings (SSSR count). The Morgan fingerprint density at radius 2 is 2.12 bits per heavy atom. The molecule has 4 N–H and O–H groups in total. The predicted octanol–water partition coefficient (Wildman–Crippen LogP) is 0.896. The van der Waals surface area contributed by atoms with Crippen LogP contribution in [-0.4, -0.2) is 28.1 Å². The zero-order chi connectivity index (χ0) is 12.3. The van der Waals surface area contributed by atoms with Crippen LogP contribution in [-0.2, 0) is 0 Å². The maximum absolute atomic E-state index is 11.2. The molecule has 0 aliphatic heterocycles. The summed E-state index contributed by atoms with van der Waals surface area (Å²) in [7, 11) is 0. The predicted molar refractivity (Wildman–Crippen MR) is 64.6 cm³/mol. The molecule has 1 saturated carbocycles. The van der Waals surface area contributed by atoms with Gasteiger partial charge < -0.3 is 16.2 Å². The van der Waals surface area contributed by atoms with Crippen molar-refractivity contribution >= 4 is 11.6 Å². The molecule has 1 fully saturated rings. The van der Waals surface area contributed by atoms with Crippen molar-refractivity contribution in [3.05, 3.63) is 24.0 Å². The van der Waals surface area contributed by atoms with E-state index >= 15 is 0 Å². The van der Waals surface area contributed by atoms with E-state index < -0.39 is 5.91 Å². The highest BCUT2D eigenvalue weighted by Gasteiger charge is 2.20. The minimum atomic E-state index is -0.524. The van der Waals surface area contributed by atoms with E-state index in [2.05, 4.69) is 10.3 Å². The Balaban J connectivity index is 2.05. The third kappa shape index (κ3) is 2.94. The SMILES string of the molecule is NC(=O)c1ncccc1NC1CCC(O)CC1. The molecule has 0 radical (unpaired) electrons. The Morgan fingerprint density at radius 3 is 2.76 bits per heavy atom. The van der Waals surface area contributed by atoms with E-state index in [1.165, 1.54) is 0 Å². The monoisotopic (exact) mass is 235 g/mol. The summed E-state index contributed by atoms with van der Waals surface area (Å²) in [5.74, 6) is -0.524. The number of aliphatic hydroxyl groups excluding tert-OH is 1. The molecule has 1 aromatic heterocycles. The maximum atomic E-state index is 11.2. The van der Waals surface area contributed by atoms with E-state index in [-0.39, 0.29) is 17.8 Å². The molecule has 5 nitrogen and oxygen atoms in total. The van der Waals surface area contributed by atoms with Crippen LogP contribution in [0, 0.1) is 0 Å². The third-order valence-corrected chi connectivity index (χ3v) is 3.10. The van der Waals surface area contributed by atoms with Gasteiger partial charge in [0.05, 0.1) is 11.8 Å². The van der Waals surface area contributed by atoms with Gasteiger partial charge in [0.25, 0.3) is 5.91 Å². The fraction of sp³-hybridized carbons (Fsp3) is 0.500. The number of nitrogens with zero attached hydrogens (tertiary/aromatic N) is 1. The van der Waals surface area contributed by atoms with Crippen molar-refractivity contribution in [1.29, 1.82) is 0 Å². The Kier molecular flexibility index (Phi) is 3.58. The Labute approximate surface area is 100 Å². The van der Waals surface area contributed by atoms with Crippen LogP contribution in [0.4, 0.5) is 5.69 Å². The van der Waals surface area contributed by atoms with Crippen LogP contribution in [0.3, 0.4) is 0 Å². The van der Waals surface area contributed by atoms with Crippen LogP contribution >= 0.6 is 0 Å². The van der Waals surface area contributed by atoms with Crippen LogP contribution in [0.15, 0.2) is 18.3 Å². The number of pyridine rings is 1. The molecule has 0 atom stereocenters. The number of aliphatic hydroxyl groups is 1. The molecule has 0 spiro atoms. The van der Waals surface area contributed by atoms with Gasteiger partial charge in [0.2, 0.25) is 0 Å². The van der Waals surface area contributed by atoms with Crippen molar-refractivity contribution < 1.29 is 9.90 Å². The lowest BCUT2D eigenvalue weighted by Crippen LogP contribution is -2.29. The molecule has 1 amide bonds. The van der Waals surface area contributed by atoms with Crippen LogP contribution in [0.25, 0.3) is 0 Å². The fourth-order valence-electron chi connectivity index (χ4n) is 2.16. The molecule has 0 bridgehead atoms. The summed E-state index contributed by atoms with van der Waals surface area (Å²) in [4.78, 5) is 15.2. The molecule has 0 saturated heterocycles. The van der Waals surface area contributed by atoms with Gasteiger partial charge >= 0.3 is 0 Å². The summed E-state index contributed by atoms with van der Waals surface area (Å²) in [6.07, 6.45) is 4.75. The average molecular weight is 235 g/mol. The molecular formula is C12H17N3O2. The lowest BCUT2D eigenvalue weighted by Gasteiger charge is -2.27. The maximum Gasteiger partial charge on any atom is 0.269 e. The number of rotatable bonds is 3. The second kappa shape index (κ2) is 5.14. The molecule has 5 heteroatoms. The quantitative estimate of drug-likeness (QED) is 0.726.